The highest BCUT2D eigenvalue weighted by Gasteiger charge is 2.50. The minimum atomic E-state index is 0.0697. The Balaban J connectivity index is 1.19. The van der Waals surface area contributed by atoms with Crippen molar-refractivity contribution in [1.82, 2.24) is 9.80 Å². The summed E-state index contributed by atoms with van der Waals surface area (Å²) < 4.78 is 5.81. The lowest BCUT2D eigenvalue weighted by Crippen LogP contribution is -2.56. The van der Waals surface area contributed by atoms with Gasteiger partial charge in [0.05, 0.1) is 12.0 Å². The topological polar surface area (TPSA) is 15.7 Å². The first-order valence-electron chi connectivity index (χ1n) is 11.3. The summed E-state index contributed by atoms with van der Waals surface area (Å²) in [6.45, 7) is 14.0. The summed E-state index contributed by atoms with van der Waals surface area (Å²) in [7, 11) is 0. The van der Waals surface area contributed by atoms with Gasteiger partial charge in [0.25, 0.3) is 0 Å². The molecule has 3 nitrogen and oxygen atoms in total. The predicted octanol–water partition coefficient (Wildman–Crippen LogP) is 4.59. The Morgan fingerprint density at radius 2 is 1.81 bits per heavy atom. The summed E-state index contributed by atoms with van der Waals surface area (Å²) in [6, 6.07) is 0.863. The zero-order valence-corrected chi connectivity index (χ0v) is 18.6. The second-order valence-electron chi connectivity index (χ2n) is 10.4. The van der Waals surface area contributed by atoms with Crippen LogP contribution in [0.1, 0.15) is 65.7 Å². The van der Waals surface area contributed by atoms with E-state index in [0.29, 0.717) is 10.8 Å². The summed E-state index contributed by atoms with van der Waals surface area (Å²) in [4.78, 5) is 5.50. The van der Waals surface area contributed by atoms with Gasteiger partial charge in [0.1, 0.15) is 0 Å². The summed E-state index contributed by atoms with van der Waals surface area (Å²) in [5, 5.41) is 0. The lowest BCUT2D eigenvalue weighted by molar-refractivity contribution is -0.0461. The molecule has 0 aromatic heterocycles. The van der Waals surface area contributed by atoms with Crippen LogP contribution in [0.25, 0.3) is 0 Å². The van der Waals surface area contributed by atoms with Crippen molar-refractivity contribution in [2.75, 3.05) is 39.3 Å². The molecule has 1 spiro atoms. The van der Waals surface area contributed by atoms with E-state index in [1.165, 1.54) is 77.7 Å². The summed E-state index contributed by atoms with van der Waals surface area (Å²) in [6.07, 6.45) is 12.3. The number of ether oxygens (including phenoxy) is 1. The molecule has 2 saturated carbocycles. The first-order valence-corrected chi connectivity index (χ1v) is 11.9. The summed E-state index contributed by atoms with van der Waals surface area (Å²) >= 11 is 4.37. The predicted molar refractivity (Wildman–Crippen MR) is 116 cm³/mol. The quantitative estimate of drug-likeness (QED) is 0.388. The number of nitrogens with zero attached hydrogens (tertiary/aromatic N) is 2. The number of hydrogen-bond acceptors (Lipinski definition) is 4. The minimum absolute atomic E-state index is 0.0697. The molecule has 4 heteroatoms. The number of hydrogen-bond donors (Lipinski definition) is 1. The van der Waals surface area contributed by atoms with Gasteiger partial charge in [-0.3, -0.25) is 4.90 Å². The number of piperidine rings is 1. The van der Waals surface area contributed by atoms with Crippen LogP contribution < -0.4 is 0 Å². The highest BCUT2D eigenvalue weighted by atomic mass is 32.1. The molecule has 0 bridgehead atoms. The first-order chi connectivity index (χ1) is 12.9. The van der Waals surface area contributed by atoms with E-state index >= 15 is 0 Å². The molecule has 0 aromatic carbocycles. The van der Waals surface area contributed by atoms with Crippen molar-refractivity contribution in [1.29, 1.82) is 0 Å². The molecule has 1 unspecified atom stereocenters. The Hall–Kier alpha value is -0.0300. The van der Waals surface area contributed by atoms with Gasteiger partial charge in [0, 0.05) is 31.1 Å². The molecular weight excluding hydrogens is 352 g/mol. The maximum atomic E-state index is 5.81. The van der Waals surface area contributed by atoms with Crippen molar-refractivity contribution in [3.63, 3.8) is 0 Å². The summed E-state index contributed by atoms with van der Waals surface area (Å²) in [5.41, 5.74) is 2.88. The minimum Gasteiger partial charge on any atom is -0.368 e. The second-order valence-corrected chi connectivity index (χ2v) is 11.2. The highest BCUT2D eigenvalue weighted by Crippen LogP contribution is 2.53. The first kappa shape index (κ1) is 20.3. The van der Waals surface area contributed by atoms with Crippen LogP contribution >= 0.6 is 12.6 Å². The molecule has 0 aromatic rings. The van der Waals surface area contributed by atoms with Crippen LogP contribution in [0, 0.1) is 16.7 Å². The molecule has 1 atom stereocenters. The number of rotatable bonds is 7. The van der Waals surface area contributed by atoms with E-state index in [1.807, 2.05) is 6.92 Å². The Bertz CT molecular complexity index is 539. The fourth-order valence-corrected chi connectivity index (χ4v) is 5.72. The van der Waals surface area contributed by atoms with Crippen LogP contribution in [0.3, 0.4) is 0 Å². The van der Waals surface area contributed by atoms with Crippen LogP contribution in [0.5, 0.6) is 0 Å². The fourth-order valence-electron chi connectivity index (χ4n) is 5.64. The third-order valence-electron chi connectivity index (χ3n) is 7.93. The van der Waals surface area contributed by atoms with Gasteiger partial charge in [-0.2, -0.15) is 0 Å². The van der Waals surface area contributed by atoms with E-state index in [9.17, 15) is 0 Å². The zero-order chi connectivity index (χ0) is 19.1. The van der Waals surface area contributed by atoms with Gasteiger partial charge in [0.15, 0.2) is 0 Å². The third-order valence-corrected chi connectivity index (χ3v) is 8.08. The van der Waals surface area contributed by atoms with E-state index in [1.54, 1.807) is 5.57 Å². The molecular formula is C23H40N2OS. The van der Waals surface area contributed by atoms with Gasteiger partial charge in [-0.05, 0) is 76.3 Å². The normalized spacial score (nSPS) is 29.6. The summed E-state index contributed by atoms with van der Waals surface area (Å²) in [5.74, 6) is 0.736. The third kappa shape index (κ3) is 4.76. The molecule has 0 N–H and O–H groups in total. The molecule has 0 radical (unpaired) electrons. The molecule has 0 amide bonds. The van der Waals surface area contributed by atoms with Gasteiger partial charge < -0.3 is 9.64 Å². The van der Waals surface area contributed by atoms with E-state index in [-0.39, 0.29) is 5.44 Å². The van der Waals surface area contributed by atoms with Gasteiger partial charge in [0.2, 0.25) is 0 Å². The SMILES string of the molecule is CC(S)OCC1(CN2CCC3(CC2)CC(N2CC=C(C(C)C)CC2)C3)CC1. The molecule has 2 heterocycles. The molecule has 154 valence electrons. The van der Waals surface area contributed by atoms with E-state index in [4.69, 9.17) is 4.74 Å². The van der Waals surface area contributed by atoms with Crippen molar-refractivity contribution in [2.24, 2.45) is 16.7 Å². The van der Waals surface area contributed by atoms with Gasteiger partial charge in [-0.1, -0.05) is 25.5 Å². The lowest BCUT2D eigenvalue weighted by Gasteiger charge is -2.56. The smallest absolute Gasteiger partial charge is 0.0971 e. The molecule has 27 heavy (non-hydrogen) atoms. The van der Waals surface area contributed by atoms with Crippen LogP contribution in [-0.4, -0.2) is 60.6 Å². The lowest BCUT2D eigenvalue weighted by atomic mass is 9.59. The van der Waals surface area contributed by atoms with Crippen LogP contribution in [0.15, 0.2) is 11.6 Å². The molecule has 4 rings (SSSR count). The van der Waals surface area contributed by atoms with Gasteiger partial charge in [-0.15, -0.1) is 12.6 Å². The van der Waals surface area contributed by atoms with E-state index in [2.05, 4.69) is 42.4 Å². The van der Waals surface area contributed by atoms with E-state index < -0.39 is 0 Å². The second kappa shape index (κ2) is 8.01. The monoisotopic (exact) mass is 392 g/mol. The molecule has 2 aliphatic carbocycles. The van der Waals surface area contributed by atoms with Crippen molar-refractivity contribution in [3.8, 4) is 0 Å². The molecule has 4 aliphatic rings. The van der Waals surface area contributed by atoms with E-state index in [0.717, 1.165) is 18.6 Å². The van der Waals surface area contributed by atoms with Gasteiger partial charge >= 0.3 is 0 Å². The van der Waals surface area contributed by atoms with Crippen molar-refractivity contribution >= 4 is 12.6 Å². The van der Waals surface area contributed by atoms with Crippen LogP contribution in [-0.2, 0) is 4.74 Å². The van der Waals surface area contributed by atoms with Crippen LogP contribution in [0.2, 0.25) is 0 Å². The maximum absolute atomic E-state index is 5.81. The maximum Gasteiger partial charge on any atom is 0.0971 e. The average Bonchev–Trinajstić information content (AvgIpc) is 3.39. The molecule has 1 saturated heterocycles. The molecule has 3 fully saturated rings. The van der Waals surface area contributed by atoms with Gasteiger partial charge in [-0.25, -0.2) is 0 Å². The molecule has 2 aliphatic heterocycles. The van der Waals surface area contributed by atoms with Crippen molar-refractivity contribution in [2.45, 2.75) is 77.2 Å². The fraction of sp³-hybridized carbons (Fsp3) is 0.913. The highest BCUT2D eigenvalue weighted by molar-refractivity contribution is 7.80. The Morgan fingerprint density at radius 1 is 1.11 bits per heavy atom. The number of likely N-dealkylation sites (tertiary alicyclic amines) is 1. The number of thiol groups is 1. The Labute approximate surface area is 172 Å². The zero-order valence-electron chi connectivity index (χ0n) is 17.8. The average molecular weight is 393 g/mol. The Morgan fingerprint density at radius 3 is 2.33 bits per heavy atom. The van der Waals surface area contributed by atoms with Crippen LogP contribution in [0.4, 0.5) is 0 Å². The largest absolute Gasteiger partial charge is 0.368 e. The Kier molecular flexibility index (Phi) is 6.01. The van der Waals surface area contributed by atoms with Crippen molar-refractivity contribution < 1.29 is 4.74 Å². The van der Waals surface area contributed by atoms with Crippen molar-refractivity contribution in [3.05, 3.63) is 11.6 Å². The standard InChI is InChI=1S/C23H40N2OS/c1-18(2)20-4-10-25(11-5-20)21-14-22(15-21)8-12-24(13-9-22)16-23(6-7-23)17-26-19(3)27/h4,18-19,21,27H,5-17H2,1-3H3.